The zero-order valence-electron chi connectivity index (χ0n) is 9.54. The van der Waals surface area contributed by atoms with Gasteiger partial charge in [0.25, 0.3) is 0 Å². The second-order valence-corrected chi connectivity index (χ2v) is 3.45. The van der Waals surface area contributed by atoms with E-state index in [0.29, 0.717) is 18.8 Å². The van der Waals surface area contributed by atoms with Crippen LogP contribution in [0.1, 0.15) is 23.0 Å². The Morgan fingerprint density at radius 1 is 1.29 bits per heavy atom. The molecule has 5 heteroatoms. The molecule has 0 N–H and O–H groups in total. The van der Waals surface area contributed by atoms with Gasteiger partial charge in [0.05, 0.1) is 13.2 Å². The number of esters is 1. The van der Waals surface area contributed by atoms with E-state index in [1.165, 1.54) is 0 Å². The zero-order chi connectivity index (χ0) is 12.1. The van der Waals surface area contributed by atoms with Crippen molar-refractivity contribution in [3.05, 3.63) is 48.0 Å². The van der Waals surface area contributed by atoms with Gasteiger partial charge in [-0.15, -0.1) is 0 Å². The molecule has 0 aliphatic carbocycles. The van der Waals surface area contributed by atoms with Gasteiger partial charge >= 0.3 is 5.97 Å². The summed E-state index contributed by atoms with van der Waals surface area (Å²) in [6.45, 7) is 2.67. The molecule has 88 valence electrons. The van der Waals surface area contributed by atoms with Crippen LogP contribution >= 0.6 is 0 Å². The van der Waals surface area contributed by atoms with E-state index >= 15 is 0 Å². The van der Waals surface area contributed by atoms with E-state index in [-0.39, 0.29) is 5.97 Å². The van der Waals surface area contributed by atoms with E-state index in [2.05, 4.69) is 10.1 Å². The minimum absolute atomic E-state index is 0.348. The molecule has 17 heavy (non-hydrogen) atoms. The Kier molecular flexibility index (Phi) is 3.49. The van der Waals surface area contributed by atoms with Crippen molar-refractivity contribution >= 4 is 5.97 Å². The van der Waals surface area contributed by atoms with Gasteiger partial charge in [0, 0.05) is 18.6 Å². The summed E-state index contributed by atoms with van der Waals surface area (Å²) in [5.41, 5.74) is 1.50. The highest BCUT2D eigenvalue weighted by Gasteiger charge is 2.12. The smallest absolute Gasteiger partial charge is 0.356 e. The molecular weight excluding hydrogens is 218 g/mol. The summed E-state index contributed by atoms with van der Waals surface area (Å²) in [6, 6.07) is 5.42. The number of aromatic nitrogens is 3. The first kappa shape index (κ1) is 11.3. The zero-order valence-corrected chi connectivity index (χ0v) is 9.54. The molecule has 0 aliphatic heterocycles. The number of rotatable bonds is 4. The summed E-state index contributed by atoms with van der Waals surface area (Å²) in [5, 5.41) is 4.11. The lowest BCUT2D eigenvalue weighted by Gasteiger charge is -2.06. The summed E-state index contributed by atoms with van der Waals surface area (Å²) in [6.07, 6.45) is 5.01. The molecule has 2 rings (SSSR count). The first-order valence-corrected chi connectivity index (χ1v) is 5.39. The molecule has 5 nitrogen and oxygen atoms in total. The number of pyridine rings is 1. The quantitative estimate of drug-likeness (QED) is 0.748. The van der Waals surface area contributed by atoms with Crippen LogP contribution in [0.25, 0.3) is 0 Å². The van der Waals surface area contributed by atoms with Crippen molar-refractivity contribution in [2.24, 2.45) is 0 Å². The fraction of sp³-hybridized carbons (Fsp3) is 0.250. The van der Waals surface area contributed by atoms with Crippen LogP contribution in [-0.4, -0.2) is 27.3 Å². The SMILES string of the molecule is CCOC(=O)c1ccnn1Cc1ccncc1. The first-order chi connectivity index (χ1) is 8.31. The van der Waals surface area contributed by atoms with Gasteiger partial charge in [-0.1, -0.05) is 0 Å². The molecule has 0 radical (unpaired) electrons. The maximum atomic E-state index is 11.6. The fourth-order valence-corrected chi connectivity index (χ4v) is 1.50. The monoisotopic (exact) mass is 231 g/mol. The molecule has 0 aliphatic rings. The van der Waals surface area contributed by atoms with E-state index in [1.54, 1.807) is 36.3 Å². The van der Waals surface area contributed by atoms with E-state index in [1.807, 2.05) is 12.1 Å². The topological polar surface area (TPSA) is 57.0 Å². The normalized spacial score (nSPS) is 10.2. The van der Waals surface area contributed by atoms with Crippen molar-refractivity contribution in [3.63, 3.8) is 0 Å². The number of ether oxygens (including phenoxy) is 1. The highest BCUT2D eigenvalue weighted by molar-refractivity contribution is 5.87. The number of hydrogen-bond donors (Lipinski definition) is 0. The van der Waals surface area contributed by atoms with Crippen LogP contribution in [0.15, 0.2) is 36.8 Å². The molecule has 0 atom stereocenters. The summed E-state index contributed by atoms with van der Waals surface area (Å²) < 4.78 is 6.57. The number of carbonyl (C=O) groups excluding carboxylic acids is 1. The molecule has 0 aromatic carbocycles. The van der Waals surface area contributed by atoms with Crippen LogP contribution in [0.4, 0.5) is 0 Å². The maximum absolute atomic E-state index is 11.6. The van der Waals surface area contributed by atoms with Crippen LogP contribution in [-0.2, 0) is 11.3 Å². The number of hydrogen-bond acceptors (Lipinski definition) is 4. The predicted octanol–water partition coefficient (Wildman–Crippen LogP) is 1.50. The van der Waals surface area contributed by atoms with Gasteiger partial charge in [-0.25, -0.2) is 4.79 Å². The third-order valence-corrected chi connectivity index (χ3v) is 2.28. The molecule has 0 amide bonds. The molecular formula is C12H13N3O2. The first-order valence-electron chi connectivity index (χ1n) is 5.39. The van der Waals surface area contributed by atoms with Gasteiger partial charge in [-0.05, 0) is 30.7 Å². The third kappa shape index (κ3) is 2.69. The highest BCUT2D eigenvalue weighted by Crippen LogP contribution is 2.06. The van der Waals surface area contributed by atoms with E-state index in [0.717, 1.165) is 5.56 Å². The Hall–Kier alpha value is -2.17. The molecule has 0 spiro atoms. The van der Waals surface area contributed by atoms with Crippen LogP contribution in [0.2, 0.25) is 0 Å². The number of nitrogens with zero attached hydrogens (tertiary/aromatic N) is 3. The molecule has 0 fully saturated rings. The molecule has 0 saturated heterocycles. The second kappa shape index (κ2) is 5.25. The minimum Gasteiger partial charge on any atom is -0.461 e. The van der Waals surface area contributed by atoms with Gasteiger partial charge in [0.2, 0.25) is 0 Å². The van der Waals surface area contributed by atoms with Crippen molar-refractivity contribution in [1.29, 1.82) is 0 Å². The molecule has 2 aromatic heterocycles. The van der Waals surface area contributed by atoms with Crippen molar-refractivity contribution in [1.82, 2.24) is 14.8 Å². The Labute approximate surface area is 99.1 Å². The Morgan fingerprint density at radius 3 is 2.76 bits per heavy atom. The Morgan fingerprint density at radius 2 is 2.06 bits per heavy atom. The van der Waals surface area contributed by atoms with Crippen LogP contribution in [0, 0.1) is 0 Å². The molecule has 2 aromatic rings. The third-order valence-electron chi connectivity index (χ3n) is 2.28. The van der Waals surface area contributed by atoms with Crippen molar-refractivity contribution in [2.75, 3.05) is 6.61 Å². The van der Waals surface area contributed by atoms with E-state index in [4.69, 9.17) is 4.74 Å². The summed E-state index contributed by atoms with van der Waals surface area (Å²) in [5.74, 6) is -0.348. The summed E-state index contributed by atoms with van der Waals surface area (Å²) in [4.78, 5) is 15.6. The summed E-state index contributed by atoms with van der Waals surface area (Å²) >= 11 is 0. The van der Waals surface area contributed by atoms with Crippen molar-refractivity contribution < 1.29 is 9.53 Å². The Balaban J connectivity index is 2.17. The maximum Gasteiger partial charge on any atom is 0.356 e. The lowest BCUT2D eigenvalue weighted by molar-refractivity contribution is 0.0512. The van der Waals surface area contributed by atoms with Gasteiger partial charge in [-0.2, -0.15) is 5.10 Å². The van der Waals surface area contributed by atoms with Crippen LogP contribution in [0.3, 0.4) is 0 Å². The van der Waals surface area contributed by atoms with Gasteiger partial charge in [0.15, 0.2) is 0 Å². The average molecular weight is 231 g/mol. The van der Waals surface area contributed by atoms with E-state index in [9.17, 15) is 4.79 Å². The van der Waals surface area contributed by atoms with Crippen molar-refractivity contribution in [2.45, 2.75) is 13.5 Å². The second-order valence-electron chi connectivity index (χ2n) is 3.45. The van der Waals surface area contributed by atoms with Crippen LogP contribution < -0.4 is 0 Å². The van der Waals surface area contributed by atoms with Crippen molar-refractivity contribution in [3.8, 4) is 0 Å². The molecule has 0 bridgehead atoms. The Bertz CT molecular complexity index is 493. The van der Waals surface area contributed by atoms with Gasteiger partial charge < -0.3 is 4.74 Å². The lowest BCUT2D eigenvalue weighted by atomic mass is 10.2. The lowest BCUT2D eigenvalue weighted by Crippen LogP contribution is -2.14. The number of carbonyl (C=O) groups is 1. The molecule has 2 heterocycles. The predicted molar refractivity (Wildman–Crippen MR) is 61.5 cm³/mol. The van der Waals surface area contributed by atoms with E-state index < -0.39 is 0 Å². The fourth-order valence-electron chi connectivity index (χ4n) is 1.50. The van der Waals surface area contributed by atoms with Crippen LogP contribution in [0.5, 0.6) is 0 Å². The minimum atomic E-state index is -0.348. The van der Waals surface area contributed by atoms with Gasteiger partial charge in [0.1, 0.15) is 5.69 Å². The largest absolute Gasteiger partial charge is 0.461 e. The average Bonchev–Trinajstić information content (AvgIpc) is 2.79. The highest BCUT2D eigenvalue weighted by atomic mass is 16.5. The standard InChI is InChI=1S/C12H13N3O2/c1-2-17-12(16)11-5-8-14-15(11)9-10-3-6-13-7-4-10/h3-8H,2,9H2,1H3. The summed E-state index contributed by atoms with van der Waals surface area (Å²) in [7, 11) is 0. The van der Waals surface area contributed by atoms with Gasteiger partial charge in [-0.3, -0.25) is 9.67 Å². The molecule has 0 saturated carbocycles. The molecule has 0 unspecified atom stereocenters.